The summed E-state index contributed by atoms with van der Waals surface area (Å²) in [5.41, 5.74) is 1.76. The molecule has 0 radical (unpaired) electrons. The topological polar surface area (TPSA) is 63.6 Å². The maximum absolute atomic E-state index is 10.2. The first kappa shape index (κ1) is 12.9. The van der Waals surface area contributed by atoms with Gasteiger partial charge in [-0.2, -0.15) is 0 Å². The third-order valence-corrected chi connectivity index (χ3v) is 3.15. The first-order chi connectivity index (χ1) is 9.83. The van der Waals surface area contributed by atoms with E-state index >= 15 is 0 Å². The zero-order valence-electron chi connectivity index (χ0n) is 11.0. The third kappa shape index (κ3) is 2.89. The van der Waals surface area contributed by atoms with E-state index in [0.717, 1.165) is 17.0 Å². The summed E-state index contributed by atoms with van der Waals surface area (Å²) in [4.78, 5) is 4.21. The third-order valence-electron chi connectivity index (χ3n) is 3.15. The van der Waals surface area contributed by atoms with Gasteiger partial charge in [-0.25, -0.2) is 0 Å². The number of fused-ring (bicyclic) bond motifs is 1. The largest absolute Gasteiger partial charge is 0.454 e. The van der Waals surface area contributed by atoms with Crippen LogP contribution in [0.15, 0.2) is 42.6 Å². The molecule has 20 heavy (non-hydrogen) atoms. The molecule has 5 heteroatoms. The number of hydrogen-bond acceptors (Lipinski definition) is 5. The molecule has 0 fully saturated rings. The summed E-state index contributed by atoms with van der Waals surface area (Å²) in [7, 11) is 0. The number of nitrogens with zero attached hydrogens (tertiary/aromatic N) is 1. The van der Waals surface area contributed by atoms with Gasteiger partial charge in [0.1, 0.15) is 0 Å². The smallest absolute Gasteiger partial charge is 0.231 e. The van der Waals surface area contributed by atoms with Gasteiger partial charge in [-0.3, -0.25) is 4.98 Å². The van der Waals surface area contributed by atoms with Gasteiger partial charge in [0.2, 0.25) is 6.79 Å². The zero-order valence-corrected chi connectivity index (χ0v) is 11.0. The summed E-state index contributed by atoms with van der Waals surface area (Å²) in [5.74, 6) is 1.41. The van der Waals surface area contributed by atoms with Crippen LogP contribution in [-0.2, 0) is 6.54 Å². The van der Waals surface area contributed by atoms with Crippen LogP contribution in [0.5, 0.6) is 11.5 Å². The Kier molecular flexibility index (Phi) is 3.80. The minimum absolute atomic E-state index is 0.243. The van der Waals surface area contributed by atoms with E-state index in [-0.39, 0.29) is 6.79 Å². The number of aliphatic hydroxyl groups is 1. The Labute approximate surface area is 117 Å². The molecule has 1 aromatic heterocycles. The van der Waals surface area contributed by atoms with E-state index in [1.165, 1.54) is 0 Å². The Morgan fingerprint density at radius 2 is 2.10 bits per heavy atom. The Morgan fingerprint density at radius 3 is 2.95 bits per heavy atom. The van der Waals surface area contributed by atoms with Crippen LogP contribution >= 0.6 is 0 Å². The van der Waals surface area contributed by atoms with Crippen molar-refractivity contribution in [3.63, 3.8) is 0 Å². The summed E-state index contributed by atoms with van der Waals surface area (Å²) in [6, 6.07) is 11.2. The van der Waals surface area contributed by atoms with E-state index in [2.05, 4.69) is 10.3 Å². The molecule has 2 aromatic rings. The van der Waals surface area contributed by atoms with Gasteiger partial charge in [0, 0.05) is 19.3 Å². The summed E-state index contributed by atoms with van der Waals surface area (Å²) in [5, 5.41) is 13.3. The highest BCUT2D eigenvalue weighted by Gasteiger charge is 2.16. The summed E-state index contributed by atoms with van der Waals surface area (Å²) < 4.78 is 10.5. The summed E-state index contributed by atoms with van der Waals surface area (Å²) in [6.07, 6.45) is 1.17. The average Bonchev–Trinajstić information content (AvgIpc) is 2.95. The second kappa shape index (κ2) is 5.90. The van der Waals surface area contributed by atoms with Crippen molar-refractivity contribution in [3.8, 4) is 11.5 Å². The van der Waals surface area contributed by atoms with Crippen LogP contribution in [0.4, 0.5) is 0 Å². The molecule has 0 bridgehead atoms. The highest BCUT2D eigenvalue weighted by atomic mass is 16.7. The summed E-state index contributed by atoms with van der Waals surface area (Å²) >= 11 is 0. The molecule has 1 aliphatic rings. The van der Waals surface area contributed by atoms with Crippen LogP contribution in [0, 0.1) is 0 Å². The first-order valence-corrected chi connectivity index (χ1v) is 6.51. The van der Waals surface area contributed by atoms with Gasteiger partial charge < -0.3 is 19.9 Å². The van der Waals surface area contributed by atoms with Crippen molar-refractivity contribution in [1.29, 1.82) is 0 Å². The van der Waals surface area contributed by atoms with Crippen LogP contribution in [0.3, 0.4) is 0 Å². The molecular weight excluding hydrogens is 256 g/mol. The molecule has 5 nitrogen and oxygen atoms in total. The quantitative estimate of drug-likeness (QED) is 0.866. The van der Waals surface area contributed by atoms with E-state index in [9.17, 15) is 5.11 Å². The van der Waals surface area contributed by atoms with Crippen LogP contribution in [0.2, 0.25) is 0 Å². The van der Waals surface area contributed by atoms with Crippen LogP contribution in [0.25, 0.3) is 0 Å². The molecule has 0 saturated heterocycles. The Hall–Kier alpha value is -2.11. The molecule has 1 atom stereocenters. The van der Waals surface area contributed by atoms with Crippen molar-refractivity contribution in [2.45, 2.75) is 12.6 Å². The van der Waals surface area contributed by atoms with Gasteiger partial charge >= 0.3 is 0 Å². The van der Waals surface area contributed by atoms with E-state index in [0.29, 0.717) is 18.8 Å². The molecule has 0 saturated carbocycles. The zero-order chi connectivity index (χ0) is 13.8. The average molecular weight is 272 g/mol. The molecule has 2 N–H and O–H groups in total. The fraction of sp³-hybridized carbons (Fsp3) is 0.267. The second-order valence-corrected chi connectivity index (χ2v) is 4.58. The van der Waals surface area contributed by atoms with Crippen molar-refractivity contribution >= 4 is 0 Å². The number of benzene rings is 1. The highest BCUT2D eigenvalue weighted by molar-refractivity contribution is 5.45. The van der Waals surface area contributed by atoms with Crippen LogP contribution < -0.4 is 14.8 Å². The number of pyridine rings is 1. The van der Waals surface area contributed by atoms with Crippen LogP contribution in [-0.4, -0.2) is 23.4 Å². The Bertz CT molecular complexity index is 575. The maximum Gasteiger partial charge on any atom is 0.231 e. The van der Waals surface area contributed by atoms with E-state index in [1.807, 2.05) is 36.4 Å². The lowest BCUT2D eigenvalue weighted by molar-refractivity contribution is 0.170. The Morgan fingerprint density at radius 1 is 1.20 bits per heavy atom. The number of hydrogen-bond donors (Lipinski definition) is 2. The van der Waals surface area contributed by atoms with Crippen molar-refractivity contribution in [2.24, 2.45) is 0 Å². The Balaban J connectivity index is 1.55. The van der Waals surface area contributed by atoms with Crippen LogP contribution in [0.1, 0.15) is 17.4 Å². The molecule has 1 aliphatic heterocycles. The standard InChI is InChI=1S/C15H16N2O3/c18-13(9-16-8-12-3-1-2-6-17-12)11-4-5-14-15(7-11)20-10-19-14/h1-7,13,16,18H,8-10H2. The lowest BCUT2D eigenvalue weighted by atomic mass is 10.1. The van der Waals surface area contributed by atoms with Gasteiger partial charge in [0.05, 0.1) is 11.8 Å². The summed E-state index contributed by atoms with van der Waals surface area (Å²) in [6.45, 7) is 1.32. The normalized spacial score (nSPS) is 14.2. The fourth-order valence-corrected chi connectivity index (χ4v) is 2.08. The van der Waals surface area contributed by atoms with Gasteiger partial charge in [-0.1, -0.05) is 12.1 Å². The number of nitrogens with one attached hydrogen (secondary N) is 1. The van der Waals surface area contributed by atoms with E-state index in [4.69, 9.17) is 9.47 Å². The number of ether oxygens (including phenoxy) is 2. The van der Waals surface area contributed by atoms with Crippen molar-refractivity contribution < 1.29 is 14.6 Å². The molecule has 0 spiro atoms. The van der Waals surface area contributed by atoms with Crippen molar-refractivity contribution in [2.75, 3.05) is 13.3 Å². The number of aliphatic hydroxyl groups excluding tert-OH is 1. The molecule has 1 aromatic carbocycles. The van der Waals surface area contributed by atoms with E-state index in [1.54, 1.807) is 6.20 Å². The van der Waals surface area contributed by atoms with E-state index < -0.39 is 6.10 Å². The monoisotopic (exact) mass is 272 g/mol. The fourth-order valence-electron chi connectivity index (χ4n) is 2.08. The SMILES string of the molecule is OC(CNCc1ccccn1)c1ccc2c(c1)OCO2. The van der Waals surface area contributed by atoms with Gasteiger partial charge in [-0.15, -0.1) is 0 Å². The predicted octanol–water partition coefficient (Wildman–Crippen LogP) is 1.63. The molecule has 3 rings (SSSR count). The number of aromatic nitrogens is 1. The number of rotatable bonds is 5. The van der Waals surface area contributed by atoms with Crippen molar-refractivity contribution in [1.82, 2.24) is 10.3 Å². The molecule has 0 aliphatic carbocycles. The molecule has 1 unspecified atom stereocenters. The molecule has 104 valence electrons. The first-order valence-electron chi connectivity index (χ1n) is 6.51. The minimum atomic E-state index is -0.590. The molecule has 0 amide bonds. The maximum atomic E-state index is 10.2. The van der Waals surface area contributed by atoms with Gasteiger partial charge in [0.15, 0.2) is 11.5 Å². The highest BCUT2D eigenvalue weighted by Crippen LogP contribution is 2.34. The lowest BCUT2D eigenvalue weighted by Gasteiger charge is -2.12. The lowest BCUT2D eigenvalue weighted by Crippen LogP contribution is -2.21. The van der Waals surface area contributed by atoms with Gasteiger partial charge in [-0.05, 0) is 29.8 Å². The van der Waals surface area contributed by atoms with Gasteiger partial charge in [0.25, 0.3) is 0 Å². The molecular formula is C15H16N2O3. The van der Waals surface area contributed by atoms with Crippen molar-refractivity contribution in [3.05, 3.63) is 53.9 Å². The second-order valence-electron chi connectivity index (χ2n) is 4.58. The minimum Gasteiger partial charge on any atom is -0.454 e. The molecule has 2 heterocycles. The predicted molar refractivity (Wildman–Crippen MR) is 73.5 cm³/mol.